The molecular formula is C19H17N5O3. The number of aromatic nitrogens is 3. The summed E-state index contributed by atoms with van der Waals surface area (Å²) < 4.78 is 7.85. The third-order valence-electron chi connectivity index (χ3n) is 4.04. The van der Waals surface area contributed by atoms with Gasteiger partial charge in [0.2, 0.25) is 0 Å². The highest BCUT2D eigenvalue weighted by atomic mass is 16.3. The van der Waals surface area contributed by atoms with E-state index in [0.29, 0.717) is 24.4 Å². The number of hydrogen-bond donors (Lipinski definition) is 2. The standard InChI is InChI=1S/C19H17N5O3/c25-18(20-11-15-7-9-27-13-15)21-16-5-3-4-14(10-16)12-24-19(26)23-8-2-1-6-17(23)22-24/h1-10,13H,11-12H2,(H2,20,21,25). The minimum Gasteiger partial charge on any atom is -0.472 e. The van der Waals surface area contributed by atoms with Crippen LogP contribution >= 0.6 is 0 Å². The molecule has 0 saturated heterocycles. The monoisotopic (exact) mass is 363 g/mol. The lowest BCUT2D eigenvalue weighted by atomic mass is 10.2. The molecule has 1 aromatic carbocycles. The maximum Gasteiger partial charge on any atom is 0.350 e. The Kier molecular flexibility index (Phi) is 4.44. The van der Waals surface area contributed by atoms with Crippen LogP contribution < -0.4 is 16.3 Å². The lowest BCUT2D eigenvalue weighted by Crippen LogP contribution is -2.28. The van der Waals surface area contributed by atoms with Crippen LogP contribution in [0.15, 0.2) is 76.5 Å². The number of hydrogen-bond acceptors (Lipinski definition) is 4. The van der Waals surface area contributed by atoms with Crippen LogP contribution in [0.5, 0.6) is 0 Å². The third-order valence-corrected chi connectivity index (χ3v) is 4.04. The highest BCUT2D eigenvalue weighted by Gasteiger charge is 2.08. The number of anilines is 1. The van der Waals surface area contributed by atoms with Gasteiger partial charge in [-0.25, -0.2) is 14.3 Å². The van der Waals surface area contributed by atoms with Crippen molar-refractivity contribution in [3.8, 4) is 0 Å². The highest BCUT2D eigenvalue weighted by Crippen LogP contribution is 2.11. The van der Waals surface area contributed by atoms with E-state index in [2.05, 4.69) is 15.7 Å². The number of carbonyl (C=O) groups excluding carboxylic acids is 1. The van der Waals surface area contributed by atoms with Gasteiger partial charge in [0.1, 0.15) is 0 Å². The number of benzene rings is 1. The number of pyridine rings is 1. The Labute approximate surface area is 154 Å². The van der Waals surface area contributed by atoms with Gasteiger partial charge >= 0.3 is 11.7 Å². The van der Waals surface area contributed by atoms with Gasteiger partial charge in [-0.05, 0) is 35.9 Å². The molecular weight excluding hydrogens is 346 g/mol. The normalized spacial score (nSPS) is 10.8. The molecule has 0 atom stereocenters. The van der Waals surface area contributed by atoms with Gasteiger partial charge in [-0.1, -0.05) is 18.2 Å². The maximum atomic E-state index is 12.4. The Bertz CT molecular complexity index is 1130. The van der Waals surface area contributed by atoms with E-state index < -0.39 is 0 Å². The van der Waals surface area contributed by atoms with Crippen LogP contribution in [0.25, 0.3) is 5.65 Å². The smallest absolute Gasteiger partial charge is 0.350 e. The first-order chi connectivity index (χ1) is 13.2. The summed E-state index contributed by atoms with van der Waals surface area (Å²) >= 11 is 0. The lowest BCUT2D eigenvalue weighted by Gasteiger charge is -2.08. The molecule has 0 unspecified atom stereocenters. The average molecular weight is 363 g/mol. The highest BCUT2D eigenvalue weighted by molar-refractivity contribution is 5.89. The summed E-state index contributed by atoms with van der Waals surface area (Å²) in [5.74, 6) is 0. The van der Waals surface area contributed by atoms with Crippen LogP contribution in [-0.4, -0.2) is 20.2 Å². The molecule has 0 radical (unpaired) electrons. The Hall–Kier alpha value is -3.81. The second-order valence-corrected chi connectivity index (χ2v) is 6.01. The van der Waals surface area contributed by atoms with Crippen molar-refractivity contribution in [2.24, 2.45) is 0 Å². The van der Waals surface area contributed by atoms with Crippen LogP contribution in [-0.2, 0) is 13.1 Å². The van der Waals surface area contributed by atoms with Crippen molar-refractivity contribution >= 4 is 17.4 Å². The zero-order chi connectivity index (χ0) is 18.6. The number of urea groups is 1. The molecule has 8 heteroatoms. The first-order valence-electron chi connectivity index (χ1n) is 8.38. The summed E-state index contributed by atoms with van der Waals surface area (Å²) in [4.78, 5) is 24.4. The Morgan fingerprint density at radius 3 is 2.85 bits per heavy atom. The number of nitrogens with one attached hydrogen (secondary N) is 2. The summed E-state index contributed by atoms with van der Waals surface area (Å²) in [5.41, 5.74) is 2.75. The van der Waals surface area contributed by atoms with E-state index >= 15 is 0 Å². The fourth-order valence-corrected chi connectivity index (χ4v) is 2.74. The van der Waals surface area contributed by atoms with Gasteiger partial charge in [0.05, 0.1) is 19.1 Å². The van der Waals surface area contributed by atoms with Gasteiger partial charge in [-0.15, -0.1) is 5.10 Å². The molecule has 0 fully saturated rings. The van der Waals surface area contributed by atoms with Gasteiger partial charge in [0.15, 0.2) is 5.65 Å². The van der Waals surface area contributed by atoms with Crippen LogP contribution in [0.2, 0.25) is 0 Å². The van der Waals surface area contributed by atoms with E-state index in [4.69, 9.17) is 4.42 Å². The molecule has 3 aromatic heterocycles. The maximum absolute atomic E-state index is 12.4. The largest absolute Gasteiger partial charge is 0.472 e. The van der Waals surface area contributed by atoms with Crippen molar-refractivity contribution in [2.75, 3.05) is 5.32 Å². The zero-order valence-electron chi connectivity index (χ0n) is 14.3. The summed E-state index contributed by atoms with van der Waals surface area (Å²) in [7, 11) is 0. The van der Waals surface area contributed by atoms with E-state index in [-0.39, 0.29) is 11.7 Å². The van der Waals surface area contributed by atoms with E-state index in [9.17, 15) is 9.59 Å². The molecule has 4 rings (SSSR count). The summed E-state index contributed by atoms with van der Waals surface area (Å²) in [5, 5.41) is 9.84. The van der Waals surface area contributed by atoms with Crippen molar-refractivity contribution < 1.29 is 9.21 Å². The summed E-state index contributed by atoms with van der Waals surface area (Å²) in [6.07, 6.45) is 4.82. The van der Waals surface area contributed by atoms with Crippen molar-refractivity contribution in [2.45, 2.75) is 13.1 Å². The molecule has 4 aromatic rings. The molecule has 27 heavy (non-hydrogen) atoms. The predicted molar refractivity (Wildman–Crippen MR) is 99.6 cm³/mol. The molecule has 0 spiro atoms. The minimum absolute atomic E-state index is 0.207. The number of carbonyl (C=O) groups is 1. The quantitative estimate of drug-likeness (QED) is 0.570. The second kappa shape index (κ2) is 7.20. The third kappa shape index (κ3) is 3.74. The molecule has 0 saturated carbocycles. The lowest BCUT2D eigenvalue weighted by molar-refractivity contribution is 0.251. The van der Waals surface area contributed by atoms with Crippen LogP contribution in [0.1, 0.15) is 11.1 Å². The predicted octanol–water partition coefficient (Wildman–Crippen LogP) is 2.46. The van der Waals surface area contributed by atoms with Crippen LogP contribution in [0.4, 0.5) is 10.5 Å². The van der Waals surface area contributed by atoms with E-state index in [1.165, 1.54) is 9.08 Å². The molecule has 0 bridgehead atoms. The van der Waals surface area contributed by atoms with Crippen molar-refractivity contribution in [1.82, 2.24) is 19.5 Å². The first-order valence-corrected chi connectivity index (χ1v) is 8.38. The van der Waals surface area contributed by atoms with Crippen LogP contribution in [0, 0.1) is 0 Å². The zero-order valence-corrected chi connectivity index (χ0v) is 14.3. The Morgan fingerprint density at radius 1 is 1.11 bits per heavy atom. The van der Waals surface area contributed by atoms with E-state index in [1.54, 1.807) is 43.0 Å². The number of nitrogens with zero attached hydrogens (tertiary/aromatic N) is 3. The SMILES string of the molecule is O=C(NCc1ccoc1)Nc1cccc(Cn2nc3ccccn3c2=O)c1. The number of amides is 2. The second-order valence-electron chi connectivity index (χ2n) is 6.01. The number of rotatable bonds is 5. The van der Waals surface area contributed by atoms with Gasteiger partial charge in [0.25, 0.3) is 0 Å². The average Bonchev–Trinajstić information content (AvgIpc) is 3.29. The minimum atomic E-state index is -0.321. The molecule has 0 aliphatic heterocycles. The summed E-state index contributed by atoms with van der Waals surface area (Å²) in [6.45, 7) is 0.686. The van der Waals surface area contributed by atoms with Gasteiger partial charge in [0, 0.05) is 24.0 Å². The molecule has 3 heterocycles. The molecule has 8 nitrogen and oxygen atoms in total. The number of furan rings is 1. The van der Waals surface area contributed by atoms with E-state index in [1.807, 2.05) is 24.3 Å². The van der Waals surface area contributed by atoms with Gasteiger partial charge in [-0.2, -0.15) is 0 Å². The van der Waals surface area contributed by atoms with Gasteiger partial charge < -0.3 is 15.1 Å². The first kappa shape index (κ1) is 16.6. The fraction of sp³-hybridized carbons (Fsp3) is 0.105. The molecule has 0 aliphatic carbocycles. The molecule has 0 aliphatic rings. The molecule has 2 amide bonds. The molecule has 136 valence electrons. The van der Waals surface area contributed by atoms with Gasteiger partial charge in [-0.3, -0.25) is 4.40 Å². The van der Waals surface area contributed by atoms with Crippen LogP contribution in [0.3, 0.4) is 0 Å². The van der Waals surface area contributed by atoms with Crippen molar-refractivity contribution in [3.63, 3.8) is 0 Å². The number of fused-ring (bicyclic) bond motifs is 1. The summed E-state index contributed by atoms with van der Waals surface area (Å²) in [6, 6.07) is 14.2. The van der Waals surface area contributed by atoms with Crippen molar-refractivity contribution in [1.29, 1.82) is 0 Å². The van der Waals surface area contributed by atoms with E-state index in [0.717, 1.165) is 11.1 Å². The Balaban J connectivity index is 1.44. The fourth-order valence-electron chi connectivity index (χ4n) is 2.74. The Morgan fingerprint density at radius 2 is 2.04 bits per heavy atom. The topological polar surface area (TPSA) is 93.6 Å². The van der Waals surface area contributed by atoms with Crippen molar-refractivity contribution in [3.05, 3.63) is 88.9 Å². The molecule has 2 N–H and O–H groups in total.